The number of methoxy groups -OCH3 is 1. The highest BCUT2D eigenvalue weighted by molar-refractivity contribution is 5.87. The molecule has 0 unspecified atom stereocenters. The molecule has 0 aliphatic heterocycles. The van der Waals surface area contributed by atoms with Gasteiger partial charge in [-0.2, -0.15) is 0 Å². The van der Waals surface area contributed by atoms with Gasteiger partial charge in [-0.15, -0.1) is 0 Å². The van der Waals surface area contributed by atoms with Gasteiger partial charge >= 0.3 is 0 Å². The van der Waals surface area contributed by atoms with E-state index in [-0.39, 0.29) is 11.8 Å². The maximum absolute atomic E-state index is 13.0. The first kappa shape index (κ1) is 17.9. The van der Waals surface area contributed by atoms with Crippen LogP contribution in [0.15, 0.2) is 84.9 Å². The smallest absolute Gasteiger partial charge is 0.232 e. The number of benzene rings is 3. The van der Waals surface area contributed by atoms with Gasteiger partial charge in [-0.1, -0.05) is 84.9 Å². The Bertz CT molecular complexity index is 792. The SMILES string of the molecule is COCc1ccccc1CNC(=O)C(c1ccccc1)c1ccccc1. The van der Waals surface area contributed by atoms with E-state index in [1.54, 1.807) is 7.11 Å². The van der Waals surface area contributed by atoms with E-state index in [0.717, 1.165) is 22.3 Å². The summed E-state index contributed by atoms with van der Waals surface area (Å²) in [5.74, 6) is -0.332. The molecule has 3 heteroatoms. The van der Waals surface area contributed by atoms with E-state index in [4.69, 9.17) is 4.74 Å². The Hall–Kier alpha value is -2.91. The molecule has 3 nitrogen and oxygen atoms in total. The molecule has 132 valence electrons. The van der Waals surface area contributed by atoms with E-state index in [0.29, 0.717) is 13.2 Å². The van der Waals surface area contributed by atoms with Crippen molar-refractivity contribution in [3.8, 4) is 0 Å². The zero-order valence-corrected chi connectivity index (χ0v) is 14.9. The number of carbonyl (C=O) groups excluding carboxylic acids is 1. The molecule has 0 saturated heterocycles. The van der Waals surface area contributed by atoms with Gasteiger partial charge in [0.05, 0.1) is 12.5 Å². The van der Waals surface area contributed by atoms with Gasteiger partial charge in [-0.3, -0.25) is 4.79 Å². The van der Waals surface area contributed by atoms with Crippen molar-refractivity contribution in [2.45, 2.75) is 19.1 Å². The van der Waals surface area contributed by atoms with Crippen molar-refractivity contribution in [1.29, 1.82) is 0 Å². The lowest BCUT2D eigenvalue weighted by Crippen LogP contribution is -2.30. The lowest BCUT2D eigenvalue weighted by atomic mass is 9.90. The molecule has 3 aromatic rings. The Morgan fingerprint density at radius 3 is 1.85 bits per heavy atom. The summed E-state index contributed by atoms with van der Waals surface area (Å²) < 4.78 is 5.25. The van der Waals surface area contributed by atoms with Crippen LogP contribution in [-0.2, 0) is 22.7 Å². The molecule has 0 atom stereocenters. The Balaban J connectivity index is 1.81. The van der Waals surface area contributed by atoms with Crippen molar-refractivity contribution in [3.63, 3.8) is 0 Å². The summed E-state index contributed by atoms with van der Waals surface area (Å²) in [6.07, 6.45) is 0. The molecule has 0 radical (unpaired) electrons. The summed E-state index contributed by atoms with van der Waals surface area (Å²) >= 11 is 0. The number of ether oxygens (including phenoxy) is 1. The van der Waals surface area contributed by atoms with Gasteiger partial charge in [0, 0.05) is 13.7 Å². The van der Waals surface area contributed by atoms with Gasteiger partial charge in [0.2, 0.25) is 5.91 Å². The molecule has 0 heterocycles. The molecular formula is C23H23NO2. The van der Waals surface area contributed by atoms with E-state index in [1.165, 1.54) is 0 Å². The molecule has 0 bridgehead atoms. The van der Waals surface area contributed by atoms with Gasteiger partial charge in [0.25, 0.3) is 0 Å². The monoisotopic (exact) mass is 345 g/mol. The zero-order valence-electron chi connectivity index (χ0n) is 14.9. The van der Waals surface area contributed by atoms with Crippen molar-refractivity contribution in [3.05, 3.63) is 107 Å². The topological polar surface area (TPSA) is 38.3 Å². The van der Waals surface area contributed by atoms with Crippen LogP contribution in [0.25, 0.3) is 0 Å². The molecule has 26 heavy (non-hydrogen) atoms. The predicted octanol–water partition coefficient (Wildman–Crippen LogP) is 4.28. The van der Waals surface area contributed by atoms with Gasteiger partial charge in [-0.25, -0.2) is 0 Å². The van der Waals surface area contributed by atoms with Crippen LogP contribution in [0.4, 0.5) is 0 Å². The zero-order chi connectivity index (χ0) is 18.2. The Morgan fingerprint density at radius 2 is 1.31 bits per heavy atom. The third kappa shape index (κ3) is 4.38. The molecule has 0 aliphatic carbocycles. The van der Waals surface area contributed by atoms with Crippen LogP contribution in [0.1, 0.15) is 28.2 Å². The van der Waals surface area contributed by atoms with Crippen LogP contribution in [0, 0.1) is 0 Å². The van der Waals surface area contributed by atoms with Crippen LogP contribution in [0.2, 0.25) is 0 Å². The Morgan fingerprint density at radius 1 is 0.808 bits per heavy atom. The minimum atomic E-state index is -0.327. The molecular weight excluding hydrogens is 322 g/mol. The highest BCUT2D eigenvalue weighted by Crippen LogP contribution is 2.25. The maximum Gasteiger partial charge on any atom is 0.232 e. The first-order chi connectivity index (χ1) is 12.8. The average molecular weight is 345 g/mol. The van der Waals surface area contributed by atoms with E-state index >= 15 is 0 Å². The molecule has 0 fully saturated rings. The second kappa shape index (κ2) is 8.97. The Labute approximate surface area is 154 Å². The average Bonchev–Trinajstić information content (AvgIpc) is 2.69. The second-order valence-electron chi connectivity index (χ2n) is 6.17. The summed E-state index contributed by atoms with van der Waals surface area (Å²) in [4.78, 5) is 13.0. The largest absolute Gasteiger partial charge is 0.380 e. The summed E-state index contributed by atoms with van der Waals surface area (Å²) in [7, 11) is 1.68. The fourth-order valence-electron chi connectivity index (χ4n) is 3.10. The number of hydrogen-bond acceptors (Lipinski definition) is 2. The van der Waals surface area contributed by atoms with Crippen LogP contribution >= 0.6 is 0 Å². The summed E-state index contributed by atoms with van der Waals surface area (Å²) in [6.45, 7) is 1.02. The van der Waals surface area contributed by atoms with Gasteiger partial charge in [0.15, 0.2) is 0 Å². The minimum Gasteiger partial charge on any atom is -0.380 e. The van der Waals surface area contributed by atoms with Crippen molar-refractivity contribution >= 4 is 5.91 Å². The fraction of sp³-hybridized carbons (Fsp3) is 0.174. The first-order valence-electron chi connectivity index (χ1n) is 8.73. The summed E-state index contributed by atoms with van der Waals surface area (Å²) in [5.41, 5.74) is 4.14. The molecule has 1 amide bonds. The quantitative estimate of drug-likeness (QED) is 0.694. The highest BCUT2D eigenvalue weighted by Gasteiger charge is 2.22. The molecule has 0 aliphatic rings. The molecule has 0 spiro atoms. The molecule has 3 aromatic carbocycles. The third-order valence-corrected chi connectivity index (χ3v) is 4.40. The van der Waals surface area contributed by atoms with Crippen LogP contribution in [0.5, 0.6) is 0 Å². The second-order valence-corrected chi connectivity index (χ2v) is 6.17. The van der Waals surface area contributed by atoms with Crippen molar-refractivity contribution in [1.82, 2.24) is 5.32 Å². The number of amides is 1. The number of nitrogens with one attached hydrogen (secondary N) is 1. The van der Waals surface area contributed by atoms with Gasteiger partial charge in [0.1, 0.15) is 0 Å². The van der Waals surface area contributed by atoms with Crippen molar-refractivity contribution in [2.75, 3.05) is 7.11 Å². The predicted molar refractivity (Wildman–Crippen MR) is 104 cm³/mol. The van der Waals surface area contributed by atoms with Crippen LogP contribution in [0.3, 0.4) is 0 Å². The third-order valence-electron chi connectivity index (χ3n) is 4.40. The maximum atomic E-state index is 13.0. The van der Waals surface area contributed by atoms with E-state index in [2.05, 4.69) is 5.32 Å². The Kier molecular flexibility index (Phi) is 6.18. The number of hydrogen-bond donors (Lipinski definition) is 1. The molecule has 3 rings (SSSR count). The lowest BCUT2D eigenvalue weighted by molar-refractivity contribution is -0.121. The first-order valence-corrected chi connectivity index (χ1v) is 8.73. The molecule has 1 N–H and O–H groups in total. The number of carbonyl (C=O) groups is 1. The number of rotatable bonds is 7. The summed E-state index contributed by atoms with van der Waals surface area (Å²) in [5, 5.41) is 3.10. The van der Waals surface area contributed by atoms with Crippen LogP contribution in [-0.4, -0.2) is 13.0 Å². The van der Waals surface area contributed by atoms with Crippen LogP contribution < -0.4 is 5.32 Å². The standard InChI is InChI=1S/C23H23NO2/c1-26-17-21-15-9-8-14-20(21)16-24-23(25)22(18-10-4-2-5-11-18)19-12-6-3-7-13-19/h2-15,22H,16-17H2,1H3,(H,24,25). The van der Waals surface area contributed by atoms with E-state index in [1.807, 2.05) is 84.9 Å². The highest BCUT2D eigenvalue weighted by atomic mass is 16.5. The van der Waals surface area contributed by atoms with Gasteiger partial charge in [-0.05, 0) is 22.3 Å². The normalized spacial score (nSPS) is 10.7. The van der Waals surface area contributed by atoms with E-state index < -0.39 is 0 Å². The molecule has 0 saturated carbocycles. The van der Waals surface area contributed by atoms with E-state index in [9.17, 15) is 4.79 Å². The minimum absolute atomic E-state index is 0.00498. The lowest BCUT2D eigenvalue weighted by Gasteiger charge is -2.18. The van der Waals surface area contributed by atoms with Crippen molar-refractivity contribution < 1.29 is 9.53 Å². The molecule has 0 aromatic heterocycles. The fourth-order valence-corrected chi connectivity index (χ4v) is 3.10. The summed E-state index contributed by atoms with van der Waals surface area (Å²) in [6, 6.07) is 27.8. The van der Waals surface area contributed by atoms with Gasteiger partial charge < -0.3 is 10.1 Å². The van der Waals surface area contributed by atoms with Crippen molar-refractivity contribution in [2.24, 2.45) is 0 Å².